The number of Topliss-reactive ketones (excluding diaryl/α,β-unsaturated/α-hetero) is 1. The summed E-state index contributed by atoms with van der Waals surface area (Å²) in [6.07, 6.45) is 9.71. The summed E-state index contributed by atoms with van der Waals surface area (Å²) < 4.78 is 0. The van der Waals surface area contributed by atoms with Crippen LogP contribution in [0.1, 0.15) is 81.1 Å². The first-order valence-electron chi connectivity index (χ1n) is 11.8. The Balaban J connectivity index is 0.00000165. The molecule has 166 valence electrons. The van der Waals surface area contributed by atoms with Gasteiger partial charge in [0.1, 0.15) is 5.78 Å². The number of piperazine rings is 1. The molecule has 1 aliphatic rings. The summed E-state index contributed by atoms with van der Waals surface area (Å²) >= 11 is 0. The fourth-order valence-corrected chi connectivity index (χ4v) is 3.38. The molecule has 1 atom stereocenters. The molecule has 0 aromatic rings. The zero-order chi connectivity index (χ0) is 21.5. The van der Waals surface area contributed by atoms with Gasteiger partial charge in [-0.1, -0.05) is 74.0 Å². The molecule has 0 aliphatic carbocycles. The number of hydrogen-bond acceptors (Lipinski definition) is 3. The van der Waals surface area contributed by atoms with E-state index in [1.807, 2.05) is 13.8 Å². The van der Waals surface area contributed by atoms with E-state index in [1.165, 1.54) is 32.2 Å². The molecular weight excluding hydrogens is 344 g/mol. The van der Waals surface area contributed by atoms with Gasteiger partial charge in [-0.3, -0.25) is 9.69 Å². The van der Waals surface area contributed by atoms with Crippen LogP contribution in [0.2, 0.25) is 0 Å². The molecule has 1 saturated heterocycles. The first kappa shape index (κ1) is 27.3. The van der Waals surface area contributed by atoms with Crippen molar-refractivity contribution in [3.05, 3.63) is 12.2 Å². The Labute approximate surface area is 176 Å². The Morgan fingerprint density at radius 3 is 1.89 bits per heavy atom. The number of hydrogen-bond donors (Lipinski definition) is 0. The zero-order valence-electron chi connectivity index (χ0n) is 20.3. The minimum absolute atomic E-state index is 0.161. The lowest BCUT2D eigenvalue weighted by molar-refractivity contribution is -0.123. The largest absolute Gasteiger partial charge is 0.301 e. The van der Waals surface area contributed by atoms with Gasteiger partial charge in [-0.05, 0) is 37.0 Å². The molecular formula is C25H50N2O. The molecule has 0 amide bonds. The van der Waals surface area contributed by atoms with E-state index in [2.05, 4.69) is 63.5 Å². The predicted octanol–water partition coefficient (Wildman–Crippen LogP) is 5.90. The second-order valence-electron chi connectivity index (χ2n) is 9.92. The van der Waals surface area contributed by atoms with E-state index in [0.29, 0.717) is 12.3 Å². The van der Waals surface area contributed by atoms with Crippen molar-refractivity contribution in [3.8, 4) is 0 Å². The highest BCUT2D eigenvalue weighted by Gasteiger charge is 2.22. The van der Waals surface area contributed by atoms with Gasteiger partial charge in [-0.25, -0.2) is 0 Å². The van der Waals surface area contributed by atoms with Crippen molar-refractivity contribution in [1.29, 1.82) is 0 Å². The molecule has 0 saturated carbocycles. The van der Waals surface area contributed by atoms with Gasteiger partial charge in [-0.2, -0.15) is 0 Å². The second-order valence-corrected chi connectivity index (χ2v) is 9.92. The van der Waals surface area contributed by atoms with E-state index >= 15 is 0 Å². The molecule has 1 aliphatic heterocycles. The minimum atomic E-state index is 0.161. The lowest BCUT2D eigenvalue weighted by Gasteiger charge is -2.36. The molecule has 0 radical (unpaired) electrons. The van der Waals surface area contributed by atoms with E-state index < -0.39 is 0 Å². The van der Waals surface area contributed by atoms with Crippen LogP contribution in [-0.4, -0.2) is 54.9 Å². The van der Waals surface area contributed by atoms with Crippen LogP contribution in [0.25, 0.3) is 0 Å². The van der Waals surface area contributed by atoms with E-state index in [4.69, 9.17) is 0 Å². The third kappa shape index (κ3) is 15.3. The molecule has 0 aromatic heterocycles. The quantitative estimate of drug-likeness (QED) is 0.408. The van der Waals surface area contributed by atoms with Crippen LogP contribution >= 0.6 is 0 Å². The highest BCUT2D eigenvalue weighted by Crippen LogP contribution is 2.19. The molecule has 0 N–H and O–H groups in total. The lowest BCUT2D eigenvalue weighted by atomic mass is 9.93. The SMILES string of the molecule is CC(C)C.CCC/C=C\CC(CC(C)C)CN1CCN(CC(=O)C(C)C)CC1. The summed E-state index contributed by atoms with van der Waals surface area (Å²) in [4.78, 5) is 16.8. The van der Waals surface area contributed by atoms with Crippen LogP contribution in [-0.2, 0) is 4.79 Å². The van der Waals surface area contributed by atoms with Gasteiger partial charge in [0.25, 0.3) is 0 Å². The van der Waals surface area contributed by atoms with Crippen molar-refractivity contribution in [2.24, 2.45) is 23.7 Å². The summed E-state index contributed by atoms with van der Waals surface area (Å²) in [6.45, 7) is 23.5. The van der Waals surface area contributed by atoms with Crippen molar-refractivity contribution < 1.29 is 4.79 Å². The Morgan fingerprint density at radius 2 is 1.43 bits per heavy atom. The summed E-state index contributed by atoms with van der Waals surface area (Å²) in [5.41, 5.74) is 0. The summed E-state index contributed by atoms with van der Waals surface area (Å²) in [6, 6.07) is 0. The van der Waals surface area contributed by atoms with Crippen LogP contribution < -0.4 is 0 Å². The molecule has 0 bridgehead atoms. The molecule has 0 aromatic carbocycles. The van der Waals surface area contributed by atoms with Crippen LogP contribution in [0.5, 0.6) is 0 Å². The Kier molecular flexibility index (Phi) is 15.8. The third-order valence-corrected chi connectivity index (χ3v) is 4.90. The topological polar surface area (TPSA) is 23.6 Å². The number of carbonyl (C=O) groups is 1. The molecule has 1 rings (SSSR count). The average molecular weight is 395 g/mol. The van der Waals surface area contributed by atoms with Gasteiger partial charge in [0.15, 0.2) is 0 Å². The number of nitrogens with zero attached hydrogens (tertiary/aromatic N) is 2. The Hall–Kier alpha value is -0.670. The summed E-state index contributed by atoms with van der Waals surface area (Å²) in [5.74, 6) is 2.90. The van der Waals surface area contributed by atoms with Crippen LogP contribution in [0.3, 0.4) is 0 Å². The lowest BCUT2D eigenvalue weighted by Crippen LogP contribution is -2.49. The maximum atomic E-state index is 11.9. The Morgan fingerprint density at radius 1 is 0.893 bits per heavy atom. The van der Waals surface area contributed by atoms with E-state index in [1.54, 1.807) is 0 Å². The monoisotopic (exact) mass is 394 g/mol. The van der Waals surface area contributed by atoms with Gasteiger partial charge in [-0.15, -0.1) is 0 Å². The van der Waals surface area contributed by atoms with Crippen molar-refractivity contribution >= 4 is 5.78 Å². The second kappa shape index (κ2) is 16.2. The number of rotatable bonds is 11. The highest BCUT2D eigenvalue weighted by molar-refractivity contribution is 5.82. The summed E-state index contributed by atoms with van der Waals surface area (Å²) in [7, 11) is 0. The van der Waals surface area contributed by atoms with Crippen LogP contribution in [0.4, 0.5) is 0 Å². The maximum absolute atomic E-state index is 11.9. The summed E-state index contributed by atoms with van der Waals surface area (Å²) in [5, 5.41) is 0. The first-order valence-corrected chi connectivity index (χ1v) is 11.8. The normalized spacial score (nSPS) is 17.4. The van der Waals surface area contributed by atoms with Gasteiger partial charge in [0.2, 0.25) is 0 Å². The number of ketones is 1. The number of unbranched alkanes of at least 4 members (excludes halogenated alkanes) is 1. The minimum Gasteiger partial charge on any atom is -0.301 e. The van der Waals surface area contributed by atoms with Crippen LogP contribution in [0, 0.1) is 23.7 Å². The zero-order valence-corrected chi connectivity index (χ0v) is 20.3. The predicted molar refractivity (Wildman–Crippen MR) is 125 cm³/mol. The van der Waals surface area contributed by atoms with Gasteiger partial charge >= 0.3 is 0 Å². The van der Waals surface area contributed by atoms with Crippen molar-refractivity contribution in [2.75, 3.05) is 39.3 Å². The van der Waals surface area contributed by atoms with Crippen molar-refractivity contribution in [3.63, 3.8) is 0 Å². The average Bonchev–Trinajstić information content (AvgIpc) is 2.59. The van der Waals surface area contributed by atoms with Crippen LogP contribution in [0.15, 0.2) is 12.2 Å². The van der Waals surface area contributed by atoms with Crippen molar-refractivity contribution in [2.45, 2.75) is 81.1 Å². The Bertz CT molecular complexity index is 404. The smallest absolute Gasteiger partial charge is 0.149 e. The van der Waals surface area contributed by atoms with E-state index in [0.717, 1.165) is 43.9 Å². The maximum Gasteiger partial charge on any atom is 0.149 e. The van der Waals surface area contributed by atoms with E-state index in [9.17, 15) is 4.79 Å². The standard InChI is InChI=1S/C21H40N2O.C4H10/c1-6-7-8-9-10-20(15-18(2)3)16-22-11-13-23(14-12-22)17-21(24)19(4)5;1-4(2)3/h8-9,18-20H,6-7,10-17H2,1-5H3;4H,1-3H3/b9-8-;. The molecule has 1 fully saturated rings. The van der Waals surface area contributed by atoms with Gasteiger partial charge in [0, 0.05) is 38.6 Å². The molecule has 1 unspecified atom stereocenters. The highest BCUT2D eigenvalue weighted by atomic mass is 16.1. The fraction of sp³-hybridized carbons (Fsp3) is 0.880. The van der Waals surface area contributed by atoms with E-state index in [-0.39, 0.29) is 5.92 Å². The molecule has 3 heteroatoms. The molecule has 0 spiro atoms. The van der Waals surface area contributed by atoms with Gasteiger partial charge in [0.05, 0.1) is 6.54 Å². The molecule has 3 nitrogen and oxygen atoms in total. The fourth-order valence-electron chi connectivity index (χ4n) is 3.38. The first-order chi connectivity index (χ1) is 13.1. The molecule has 1 heterocycles. The number of allylic oxidation sites excluding steroid dienone is 2. The third-order valence-electron chi connectivity index (χ3n) is 4.90. The van der Waals surface area contributed by atoms with Gasteiger partial charge < -0.3 is 4.90 Å². The number of carbonyl (C=O) groups excluding carboxylic acids is 1. The molecule has 28 heavy (non-hydrogen) atoms. The van der Waals surface area contributed by atoms with Crippen molar-refractivity contribution in [1.82, 2.24) is 9.80 Å².